The summed E-state index contributed by atoms with van der Waals surface area (Å²) in [5.41, 5.74) is 1.58. The van der Waals surface area contributed by atoms with E-state index in [1.54, 1.807) is 7.11 Å². The van der Waals surface area contributed by atoms with Crippen LogP contribution in [-0.2, 0) is 16.0 Å². The monoisotopic (exact) mass is 276 g/mol. The predicted molar refractivity (Wildman–Crippen MR) is 77.4 cm³/mol. The maximum atomic E-state index is 5.88. The number of hydrogen-bond acceptors (Lipinski definition) is 4. The lowest BCUT2D eigenvalue weighted by Gasteiger charge is -2.38. The summed E-state index contributed by atoms with van der Waals surface area (Å²) in [6.07, 6.45) is 5.82. The molecule has 0 aliphatic carbocycles. The van der Waals surface area contributed by atoms with Gasteiger partial charge in [0.15, 0.2) is 0 Å². The number of methoxy groups -OCH3 is 1. The molecule has 3 heterocycles. The first-order valence-electron chi connectivity index (χ1n) is 7.52. The molecule has 2 fully saturated rings. The van der Waals surface area contributed by atoms with Crippen molar-refractivity contribution in [3.05, 3.63) is 30.1 Å². The van der Waals surface area contributed by atoms with Crippen molar-refractivity contribution in [1.29, 1.82) is 0 Å². The number of rotatable bonds is 4. The van der Waals surface area contributed by atoms with Crippen LogP contribution in [0, 0.1) is 5.41 Å². The van der Waals surface area contributed by atoms with Gasteiger partial charge in [-0.05, 0) is 49.9 Å². The lowest BCUT2D eigenvalue weighted by Crippen LogP contribution is -2.40. The highest BCUT2D eigenvalue weighted by molar-refractivity contribution is 5.04. The zero-order valence-electron chi connectivity index (χ0n) is 12.3. The molecule has 2 aliphatic rings. The van der Waals surface area contributed by atoms with Crippen molar-refractivity contribution in [2.45, 2.75) is 31.9 Å². The van der Waals surface area contributed by atoms with Crippen molar-refractivity contribution < 1.29 is 9.47 Å². The van der Waals surface area contributed by atoms with Crippen LogP contribution < -0.4 is 0 Å². The Balaban J connectivity index is 1.50. The first kappa shape index (κ1) is 14.0. The Morgan fingerprint density at radius 2 is 2.25 bits per heavy atom. The molecule has 3 rings (SSSR count). The van der Waals surface area contributed by atoms with Crippen LogP contribution in [0.2, 0.25) is 0 Å². The van der Waals surface area contributed by atoms with E-state index in [-0.39, 0.29) is 0 Å². The summed E-state index contributed by atoms with van der Waals surface area (Å²) in [5.74, 6) is 0. The molecule has 4 nitrogen and oxygen atoms in total. The molecule has 1 atom stereocenters. The van der Waals surface area contributed by atoms with Crippen molar-refractivity contribution >= 4 is 0 Å². The fourth-order valence-corrected chi connectivity index (χ4v) is 3.44. The first-order chi connectivity index (χ1) is 9.80. The number of nitrogens with zero attached hydrogens (tertiary/aromatic N) is 2. The SMILES string of the molecule is COC[C@@H]1CC2(CCN(Cc3ccccn3)CC2)CO1. The molecule has 0 bridgehead atoms. The van der Waals surface area contributed by atoms with Gasteiger partial charge in [0, 0.05) is 19.9 Å². The second-order valence-electron chi connectivity index (χ2n) is 6.19. The van der Waals surface area contributed by atoms with Crippen molar-refractivity contribution in [3.63, 3.8) is 0 Å². The molecule has 1 aromatic heterocycles. The van der Waals surface area contributed by atoms with Crippen LogP contribution in [-0.4, -0.2) is 49.4 Å². The zero-order valence-corrected chi connectivity index (χ0v) is 12.3. The molecule has 2 saturated heterocycles. The van der Waals surface area contributed by atoms with E-state index in [0.29, 0.717) is 11.5 Å². The summed E-state index contributed by atoms with van der Waals surface area (Å²) in [6, 6.07) is 6.14. The van der Waals surface area contributed by atoms with Gasteiger partial charge in [0.1, 0.15) is 0 Å². The number of likely N-dealkylation sites (tertiary alicyclic amines) is 1. The minimum absolute atomic E-state index is 0.308. The van der Waals surface area contributed by atoms with E-state index in [9.17, 15) is 0 Å². The van der Waals surface area contributed by atoms with Crippen LogP contribution in [0.3, 0.4) is 0 Å². The average Bonchev–Trinajstić information content (AvgIpc) is 2.86. The molecule has 20 heavy (non-hydrogen) atoms. The Bertz CT molecular complexity index is 416. The Hall–Kier alpha value is -0.970. The highest BCUT2D eigenvalue weighted by Gasteiger charge is 2.42. The third-order valence-corrected chi connectivity index (χ3v) is 4.67. The highest BCUT2D eigenvalue weighted by Crippen LogP contribution is 2.42. The Kier molecular flexibility index (Phi) is 4.34. The van der Waals surface area contributed by atoms with E-state index in [2.05, 4.69) is 22.0 Å². The third kappa shape index (κ3) is 3.19. The molecule has 110 valence electrons. The molecule has 0 N–H and O–H groups in total. The Morgan fingerprint density at radius 3 is 2.95 bits per heavy atom. The van der Waals surface area contributed by atoms with Crippen LogP contribution in [0.15, 0.2) is 24.4 Å². The van der Waals surface area contributed by atoms with E-state index in [4.69, 9.17) is 9.47 Å². The maximum absolute atomic E-state index is 5.88. The standard InChI is InChI=1S/C16H24N2O2/c1-19-12-15-10-16(13-20-15)5-8-18(9-6-16)11-14-4-2-3-7-17-14/h2-4,7,15H,5-6,8-13H2,1H3/t15-/m0/s1. The van der Waals surface area contributed by atoms with E-state index in [0.717, 1.165) is 39.3 Å². The van der Waals surface area contributed by atoms with Gasteiger partial charge in [-0.3, -0.25) is 9.88 Å². The lowest BCUT2D eigenvalue weighted by molar-refractivity contribution is 0.0283. The van der Waals surface area contributed by atoms with Crippen molar-refractivity contribution in [3.8, 4) is 0 Å². The van der Waals surface area contributed by atoms with E-state index in [1.165, 1.54) is 18.5 Å². The van der Waals surface area contributed by atoms with Crippen LogP contribution in [0.1, 0.15) is 25.0 Å². The summed E-state index contributed by atoms with van der Waals surface area (Å²) in [5, 5.41) is 0. The molecular formula is C16H24N2O2. The zero-order chi connectivity index (χ0) is 13.8. The number of hydrogen-bond donors (Lipinski definition) is 0. The molecule has 0 aromatic carbocycles. The summed E-state index contributed by atoms with van der Waals surface area (Å²) in [4.78, 5) is 6.93. The summed E-state index contributed by atoms with van der Waals surface area (Å²) < 4.78 is 11.1. The van der Waals surface area contributed by atoms with Crippen LogP contribution >= 0.6 is 0 Å². The van der Waals surface area contributed by atoms with Gasteiger partial charge in [-0.15, -0.1) is 0 Å². The molecule has 1 spiro atoms. The van der Waals surface area contributed by atoms with Gasteiger partial charge in [0.05, 0.1) is 25.0 Å². The van der Waals surface area contributed by atoms with Gasteiger partial charge < -0.3 is 9.47 Å². The number of piperidine rings is 1. The second-order valence-corrected chi connectivity index (χ2v) is 6.19. The van der Waals surface area contributed by atoms with Gasteiger partial charge in [0.2, 0.25) is 0 Å². The molecule has 1 aromatic rings. The largest absolute Gasteiger partial charge is 0.382 e. The number of ether oxygens (including phenoxy) is 2. The Morgan fingerprint density at radius 1 is 1.40 bits per heavy atom. The Labute approximate surface area is 121 Å². The topological polar surface area (TPSA) is 34.6 Å². The highest BCUT2D eigenvalue weighted by atomic mass is 16.5. The summed E-state index contributed by atoms with van der Waals surface area (Å²) >= 11 is 0. The van der Waals surface area contributed by atoms with Gasteiger partial charge >= 0.3 is 0 Å². The van der Waals surface area contributed by atoms with Gasteiger partial charge in [-0.25, -0.2) is 0 Å². The molecule has 0 radical (unpaired) electrons. The predicted octanol–water partition coefficient (Wildman–Crippen LogP) is 2.10. The van der Waals surface area contributed by atoms with Crippen molar-refractivity contribution in [2.75, 3.05) is 33.4 Å². The number of pyridine rings is 1. The fraction of sp³-hybridized carbons (Fsp3) is 0.688. The molecule has 2 aliphatic heterocycles. The normalized spacial score (nSPS) is 26.1. The minimum Gasteiger partial charge on any atom is -0.382 e. The molecule has 0 amide bonds. The third-order valence-electron chi connectivity index (χ3n) is 4.67. The van der Waals surface area contributed by atoms with E-state index in [1.807, 2.05) is 12.3 Å². The van der Waals surface area contributed by atoms with Crippen molar-refractivity contribution in [2.24, 2.45) is 5.41 Å². The summed E-state index contributed by atoms with van der Waals surface area (Å²) in [7, 11) is 1.75. The molecule has 0 saturated carbocycles. The second kappa shape index (κ2) is 6.20. The maximum Gasteiger partial charge on any atom is 0.0814 e. The smallest absolute Gasteiger partial charge is 0.0814 e. The summed E-state index contributed by atoms with van der Waals surface area (Å²) in [6.45, 7) is 4.93. The molecular weight excluding hydrogens is 252 g/mol. The van der Waals surface area contributed by atoms with Gasteiger partial charge in [-0.2, -0.15) is 0 Å². The van der Waals surface area contributed by atoms with Gasteiger partial charge in [0.25, 0.3) is 0 Å². The minimum atomic E-state index is 0.308. The fourth-order valence-electron chi connectivity index (χ4n) is 3.44. The number of aromatic nitrogens is 1. The molecule has 4 heteroatoms. The van der Waals surface area contributed by atoms with Crippen LogP contribution in [0.25, 0.3) is 0 Å². The lowest BCUT2D eigenvalue weighted by atomic mass is 9.76. The molecule has 0 unspecified atom stereocenters. The average molecular weight is 276 g/mol. The van der Waals surface area contributed by atoms with Crippen LogP contribution in [0.4, 0.5) is 0 Å². The van der Waals surface area contributed by atoms with Crippen molar-refractivity contribution in [1.82, 2.24) is 9.88 Å². The first-order valence-corrected chi connectivity index (χ1v) is 7.52. The van der Waals surface area contributed by atoms with E-state index >= 15 is 0 Å². The quantitative estimate of drug-likeness (QED) is 0.843. The van der Waals surface area contributed by atoms with E-state index < -0.39 is 0 Å². The van der Waals surface area contributed by atoms with Crippen LogP contribution in [0.5, 0.6) is 0 Å². The van der Waals surface area contributed by atoms with Gasteiger partial charge in [-0.1, -0.05) is 6.07 Å².